The van der Waals surface area contributed by atoms with Crippen molar-refractivity contribution in [3.8, 4) is 28.3 Å². The number of anilines is 2. The van der Waals surface area contributed by atoms with E-state index in [0.717, 1.165) is 29.8 Å². The lowest BCUT2D eigenvalue weighted by molar-refractivity contribution is 0.0676. The lowest BCUT2D eigenvalue weighted by atomic mass is 9.92. The van der Waals surface area contributed by atoms with Gasteiger partial charge in [0, 0.05) is 28.1 Å². The molecule has 10 rings (SSSR count). The highest BCUT2D eigenvalue weighted by atomic mass is 16.4. The highest BCUT2D eigenvalue weighted by Gasteiger charge is 2.22. The number of nitrogens with zero attached hydrogens (tertiary/aromatic N) is 1. The molecule has 0 unspecified atom stereocenters. The quantitative estimate of drug-likeness (QED) is 0.0174. The Morgan fingerprint density at radius 2 is 0.545 bits per heavy atom. The zero-order chi connectivity index (χ0) is 74.9. The molecule has 14 N–H and O–H groups in total. The molecule has 0 amide bonds. The zero-order valence-corrected chi connectivity index (χ0v) is 52.9. The highest BCUT2D eigenvalue weighted by molar-refractivity contribution is 6.24. The third-order valence-electron chi connectivity index (χ3n) is 14.6. The van der Waals surface area contributed by atoms with Crippen LogP contribution in [0.4, 0.5) is 11.4 Å². The molecule has 0 heterocycles. The van der Waals surface area contributed by atoms with E-state index < -0.39 is 59.7 Å². The predicted octanol–water partition coefficient (Wildman–Crippen LogP) is 12.9. The Kier molecular flexibility index (Phi) is 24.7. The number of ketones is 3. The van der Waals surface area contributed by atoms with Crippen LogP contribution in [0, 0.1) is 11.3 Å². The van der Waals surface area contributed by atoms with E-state index in [9.17, 15) is 72.5 Å². The fraction of sp³-hybridized carbons (Fsp3) is 0.0400. The lowest BCUT2D eigenvalue weighted by Crippen LogP contribution is -2.05. The number of Topliss-reactive ketones (excluding diaryl/α,β-unsaturated/α-hetero) is 3. The van der Waals surface area contributed by atoms with E-state index >= 15 is 0 Å². The first-order valence-corrected chi connectivity index (χ1v) is 29.0. The summed E-state index contributed by atoms with van der Waals surface area (Å²) in [5.74, 6) is -12.4. The maximum Gasteiger partial charge on any atom is 0.336 e. The van der Waals surface area contributed by atoms with Gasteiger partial charge in [0.05, 0.1) is 67.3 Å². The minimum atomic E-state index is -1.32. The third kappa shape index (κ3) is 19.5. The van der Waals surface area contributed by atoms with Crippen LogP contribution in [0.1, 0.15) is 172 Å². The molecule has 0 fully saturated rings. The van der Waals surface area contributed by atoms with Gasteiger partial charge in [0.1, 0.15) is 0 Å². The Labute approximate surface area is 570 Å². The first-order chi connectivity index (χ1) is 47.6. The smallest absolute Gasteiger partial charge is 0.336 e. The van der Waals surface area contributed by atoms with E-state index in [1.807, 2.05) is 0 Å². The predicted molar refractivity (Wildman–Crippen MR) is 367 cm³/mol. The molecule has 0 spiro atoms. The molecule has 0 atom stereocenters. The second-order valence-electron chi connectivity index (χ2n) is 21.5. The molecule has 101 heavy (non-hydrogen) atoms. The number of hydrogen-bond donors (Lipinski definition) is 12. The van der Waals surface area contributed by atoms with Crippen molar-refractivity contribution in [2.45, 2.75) is 20.8 Å². The molecule has 508 valence electrons. The molecule has 0 aliphatic carbocycles. The van der Waals surface area contributed by atoms with E-state index in [4.69, 9.17) is 57.6 Å². The van der Waals surface area contributed by atoms with Gasteiger partial charge in [0.2, 0.25) is 0 Å². The molecule has 26 heteroatoms. The van der Waals surface area contributed by atoms with Crippen molar-refractivity contribution in [1.82, 2.24) is 0 Å². The number of carbonyl (C=O) groups excluding carboxylic acids is 3. The third-order valence-corrected chi connectivity index (χ3v) is 14.6. The highest BCUT2D eigenvalue weighted by Crippen LogP contribution is 2.34. The van der Waals surface area contributed by atoms with Crippen LogP contribution in [-0.4, -0.2) is 128 Å². The molecule has 10 aromatic rings. The van der Waals surface area contributed by atoms with Gasteiger partial charge in [-0.15, -0.1) is 0 Å². The van der Waals surface area contributed by atoms with Crippen molar-refractivity contribution in [2.75, 3.05) is 11.5 Å². The molecule has 0 saturated heterocycles. The summed E-state index contributed by atoms with van der Waals surface area (Å²) < 4.78 is 0. The van der Waals surface area contributed by atoms with E-state index in [-0.39, 0.29) is 95.2 Å². The van der Waals surface area contributed by atoms with Gasteiger partial charge in [0.25, 0.3) is 0 Å². The van der Waals surface area contributed by atoms with Gasteiger partial charge in [0.15, 0.2) is 17.3 Å². The number of rotatable bonds is 17. The van der Waals surface area contributed by atoms with Crippen LogP contribution in [0.5, 0.6) is 0 Å². The van der Waals surface area contributed by atoms with Crippen LogP contribution in [-0.2, 0) is 0 Å². The molecular weight excluding hydrogens is 1310 g/mol. The number of hydrogen-bond acceptors (Lipinski definition) is 16. The number of carbonyl (C=O) groups is 13. The monoisotopic (exact) mass is 1370 g/mol. The van der Waals surface area contributed by atoms with Crippen LogP contribution in [0.3, 0.4) is 0 Å². The second kappa shape index (κ2) is 33.1. The molecule has 0 aliphatic heterocycles. The van der Waals surface area contributed by atoms with Gasteiger partial charge in [-0.05, 0) is 179 Å². The molecule has 0 aromatic heterocycles. The fourth-order valence-corrected chi connectivity index (χ4v) is 9.60. The van der Waals surface area contributed by atoms with E-state index in [0.29, 0.717) is 60.7 Å². The van der Waals surface area contributed by atoms with Crippen LogP contribution in [0.15, 0.2) is 182 Å². The first-order valence-electron chi connectivity index (χ1n) is 29.0. The van der Waals surface area contributed by atoms with Gasteiger partial charge in [-0.25, -0.2) is 47.9 Å². The Morgan fingerprint density at radius 3 is 0.822 bits per heavy atom. The van der Waals surface area contributed by atoms with Gasteiger partial charge < -0.3 is 62.5 Å². The first kappa shape index (κ1) is 75.3. The SMILES string of the molecule is CC(=O)c1cc(C(=O)O)cc(-c2cc(C(=O)O)cc(C(=O)O)c2)c1.CC(=O)c1cc(C(=O)O)cc(-c2ccc(C(=O)O)cc2)c1.CC(=O)c1ccc(/C=C/c2ccc(C(=O)O)cc2N)c(N)c1.N#Cc1cc(C(=O)O)cc(C(=O)O)c1.O=C(O)c1c2ccccc2c(C(=O)O)c2ccccc12. The lowest BCUT2D eigenvalue weighted by Gasteiger charge is -2.11. The number of carboxylic acids is 10. The van der Waals surface area contributed by atoms with Crippen LogP contribution < -0.4 is 11.5 Å². The summed E-state index contributed by atoms with van der Waals surface area (Å²) in [6, 6.07) is 45.6. The number of carboxylic acid groups (broad SMARTS) is 10. The topological polar surface area (TPSA) is 500 Å². The van der Waals surface area contributed by atoms with Crippen LogP contribution in [0.25, 0.3) is 56.0 Å². The molecule has 10 aromatic carbocycles. The van der Waals surface area contributed by atoms with Gasteiger partial charge in [-0.1, -0.05) is 91.0 Å². The van der Waals surface area contributed by atoms with Gasteiger partial charge in [-0.3, -0.25) is 14.4 Å². The number of nitriles is 1. The molecule has 0 saturated carbocycles. The Morgan fingerprint density at radius 1 is 0.287 bits per heavy atom. The summed E-state index contributed by atoms with van der Waals surface area (Å²) in [4.78, 5) is 145. The summed E-state index contributed by atoms with van der Waals surface area (Å²) >= 11 is 0. The number of benzene rings is 10. The summed E-state index contributed by atoms with van der Waals surface area (Å²) in [6.45, 7) is 4.11. The number of fused-ring (bicyclic) bond motifs is 2. The minimum Gasteiger partial charge on any atom is -0.478 e. The summed E-state index contributed by atoms with van der Waals surface area (Å²) in [5.41, 5.74) is 16.2. The molecule has 0 radical (unpaired) electrons. The zero-order valence-electron chi connectivity index (χ0n) is 52.9. The van der Waals surface area contributed by atoms with Gasteiger partial charge >= 0.3 is 59.7 Å². The Balaban J connectivity index is 0.000000200. The van der Waals surface area contributed by atoms with Crippen molar-refractivity contribution >= 4 is 122 Å². The molecule has 26 nitrogen and oxygen atoms in total. The average molecular weight is 1370 g/mol. The Hall–Kier alpha value is -14.7. The molecule has 0 aliphatic rings. The van der Waals surface area contributed by atoms with Crippen molar-refractivity contribution < 1.29 is 113 Å². The summed E-state index contributed by atoms with van der Waals surface area (Å²) in [6.07, 6.45) is 3.52. The van der Waals surface area contributed by atoms with Crippen molar-refractivity contribution in [2.24, 2.45) is 0 Å². The molecular formula is C75H55N3O23. The van der Waals surface area contributed by atoms with Crippen molar-refractivity contribution in [3.05, 3.63) is 271 Å². The maximum absolute atomic E-state index is 11.6. The van der Waals surface area contributed by atoms with E-state index in [1.54, 1.807) is 109 Å². The number of nitrogen functional groups attached to an aromatic ring is 2. The second-order valence-corrected chi connectivity index (χ2v) is 21.5. The summed E-state index contributed by atoms with van der Waals surface area (Å²) in [7, 11) is 0. The Bertz CT molecular complexity index is 4780. The molecule has 0 bridgehead atoms. The standard InChI is InChI=1S/C17H16N2O3.C17H12O7.C16H12O5.C16H10O4.C9H5NO4/c1-10(20)13-6-4-11(15(18)8-13)2-3-12-5-7-14(17(21)22)9-16(12)19;1-8(18)9-2-10(4-12(3-9)15(19)20)11-5-13(16(21)22)7-14(6-11)17(23)24;1-9(17)12-6-13(8-14(7-12)16(20)21)10-2-4-11(5-3-10)15(18)19;17-15(18)13-9-5-1-2-6-10(9)14(16(19)20)12-8-4-3-7-11(12)13;10-4-5-1-6(8(11)12)3-7(2-5)9(13)14/h2-9H,18-19H2,1H3,(H,21,22);2-7H,1H3,(H,19,20)(H,21,22)(H,23,24);2-8H,1H3,(H,18,19)(H,20,21);1-8H,(H,17,18)(H,19,20);1-3H,(H,11,12)(H,13,14)/b3-2+;;;;. The van der Waals surface area contributed by atoms with E-state index in [1.165, 1.54) is 87.5 Å². The summed E-state index contributed by atoms with van der Waals surface area (Å²) in [5, 5.41) is 101. The normalized spacial score (nSPS) is 10.3. The van der Waals surface area contributed by atoms with Gasteiger partial charge in [-0.2, -0.15) is 5.26 Å². The number of nitrogens with two attached hydrogens (primary N) is 2. The largest absolute Gasteiger partial charge is 0.478 e. The minimum absolute atomic E-state index is 0.0139. The fourth-order valence-electron chi connectivity index (χ4n) is 9.60. The number of aromatic carboxylic acids is 10. The van der Waals surface area contributed by atoms with Crippen LogP contribution >= 0.6 is 0 Å². The van der Waals surface area contributed by atoms with Crippen LogP contribution in [0.2, 0.25) is 0 Å². The van der Waals surface area contributed by atoms with Crippen molar-refractivity contribution in [1.29, 1.82) is 5.26 Å². The van der Waals surface area contributed by atoms with Crippen molar-refractivity contribution in [3.63, 3.8) is 0 Å². The maximum atomic E-state index is 11.6. The van der Waals surface area contributed by atoms with E-state index in [2.05, 4.69) is 0 Å². The average Bonchev–Trinajstić information content (AvgIpc) is 0.748.